The number of benzene rings is 8. The van der Waals surface area contributed by atoms with Gasteiger partial charge in [0.25, 0.3) is 0 Å². The third-order valence-corrected chi connectivity index (χ3v) is 16.5. The van der Waals surface area contributed by atoms with Gasteiger partial charge in [-0.3, -0.25) is 0 Å². The molecule has 8 aromatic carbocycles. The summed E-state index contributed by atoms with van der Waals surface area (Å²) < 4.78 is 0. The first-order chi connectivity index (χ1) is 39.1. The molecule has 4 heterocycles. The van der Waals surface area contributed by atoms with Crippen LogP contribution in [0.2, 0.25) is 0 Å². The molecule has 0 aliphatic heterocycles. The van der Waals surface area contributed by atoms with Crippen molar-refractivity contribution in [1.29, 1.82) is 0 Å². The van der Waals surface area contributed by atoms with Crippen molar-refractivity contribution in [3.8, 4) is 89.4 Å². The molecule has 4 aromatic heterocycles. The van der Waals surface area contributed by atoms with Crippen LogP contribution in [0.1, 0.15) is 91.2 Å². The summed E-state index contributed by atoms with van der Waals surface area (Å²) in [5.41, 5.74) is 21.3. The molecule has 81 heavy (non-hydrogen) atoms. The van der Waals surface area contributed by atoms with Crippen LogP contribution in [0.5, 0.6) is 0 Å². The van der Waals surface area contributed by atoms with E-state index in [0.29, 0.717) is 0 Å². The molecule has 0 saturated carbocycles. The zero-order valence-corrected chi connectivity index (χ0v) is 49.5. The second-order valence-corrected chi connectivity index (χ2v) is 22.7. The fourth-order valence-corrected chi connectivity index (χ4v) is 11.7. The van der Waals surface area contributed by atoms with E-state index >= 15 is 0 Å². The van der Waals surface area contributed by atoms with Gasteiger partial charge in [0, 0.05) is 18.6 Å². The number of pyridine rings is 4. The second kappa shape index (κ2) is 23.5. The molecule has 0 fully saturated rings. The predicted molar refractivity (Wildman–Crippen MR) is 335 cm³/mol. The van der Waals surface area contributed by atoms with Crippen molar-refractivity contribution in [2.24, 2.45) is 0 Å². The van der Waals surface area contributed by atoms with Crippen LogP contribution in [0.15, 0.2) is 213 Å². The molecule has 12 rings (SSSR count). The SMILES string of the molecule is CCCCC(C)(C)c1ccnc(-c2[c-]cc(-c3ccccc3-c3cc(-c4ccccc4-c4c[c-]c(-c5cc(C(C)(C)CCCC)ccn5)cc4)cc(-c4ccccc4-c4c[c-]c5c6ncccc6c6ccccc6c5n4)c3)cc2)c1.[Ir+3]. The van der Waals surface area contributed by atoms with Crippen LogP contribution < -0.4 is 0 Å². The van der Waals surface area contributed by atoms with E-state index in [2.05, 4.69) is 242 Å². The van der Waals surface area contributed by atoms with E-state index in [0.717, 1.165) is 135 Å². The second-order valence-electron chi connectivity index (χ2n) is 22.7. The van der Waals surface area contributed by atoms with E-state index in [1.807, 2.05) is 30.7 Å². The van der Waals surface area contributed by atoms with Gasteiger partial charge in [0.1, 0.15) is 0 Å². The van der Waals surface area contributed by atoms with Crippen LogP contribution in [0.3, 0.4) is 0 Å². The Morgan fingerprint density at radius 3 is 1.28 bits per heavy atom. The zero-order chi connectivity index (χ0) is 54.8. The third kappa shape index (κ3) is 11.1. The molecule has 0 spiro atoms. The van der Waals surface area contributed by atoms with Gasteiger partial charge < -0.3 is 19.9 Å². The Hall–Kier alpha value is -8.21. The molecule has 0 saturated heterocycles. The molecule has 0 bridgehead atoms. The van der Waals surface area contributed by atoms with Gasteiger partial charge in [-0.1, -0.05) is 210 Å². The summed E-state index contributed by atoms with van der Waals surface area (Å²) in [6, 6.07) is 80.8. The van der Waals surface area contributed by atoms with Crippen molar-refractivity contribution < 1.29 is 20.1 Å². The van der Waals surface area contributed by atoms with E-state index in [-0.39, 0.29) is 30.9 Å². The van der Waals surface area contributed by atoms with Crippen molar-refractivity contribution in [3.63, 3.8) is 0 Å². The van der Waals surface area contributed by atoms with Gasteiger partial charge in [-0.15, -0.1) is 71.8 Å². The normalized spacial score (nSPS) is 11.8. The Labute approximate surface area is 491 Å². The molecular weight excluding hydrogens is 1160 g/mol. The summed E-state index contributed by atoms with van der Waals surface area (Å²) >= 11 is 0. The van der Waals surface area contributed by atoms with Crippen LogP contribution >= 0.6 is 0 Å². The third-order valence-electron chi connectivity index (χ3n) is 16.5. The molecule has 0 aliphatic carbocycles. The van der Waals surface area contributed by atoms with Gasteiger partial charge in [0.15, 0.2) is 0 Å². The van der Waals surface area contributed by atoms with E-state index in [1.54, 1.807) is 0 Å². The number of hydrogen-bond donors (Lipinski definition) is 0. The molecule has 0 radical (unpaired) electrons. The van der Waals surface area contributed by atoms with E-state index < -0.39 is 0 Å². The summed E-state index contributed by atoms with van der Waals surface area (Å²) in [6.07, 6.45) is 12.8. The maximum absolute atomic E-state index is 5.51. The molecule has 0 N–H and O–H groups in total. The summed E-state index contributed by atoms with van der Waals surface area (Å²) in [5, 5.41) is 4.23. The van der Waals surface area contributed by atoms with E-state index in [9.17, 15) is 0 Å². The minimum Gasteiger partial charge on any atom is -0.343 e. The first-order valence-electron chi connectivity index (χ1n) is 28.5. The number of aromatic nitrogens is 4. The molecule has 12 aromatic rings. The Bertz CT molecular complexity index is 4010. The minimum atomic E-state index is 0. The van der Waals surface area contributed by atoms with Gasteiger partial charge in [0.2, 0.25) is 0 Å². The fourth-order valence-electron chi connectivity index (χ4n) is 11.7. The number of nitrogens with zero attached hydrogens (tertiary/aromatic N) is 4. The maximum atomic E-state index is 5.51. The average molecular weight is 1230 g/mol. The summed E-state index contributed by atoms with van der Waals surface area (Å²) in [7, 11) is 0. The molecule has 0 unspecified atom stereocenters. The standard InChI is InChI=1S/C76H65N4.Ir/c1-7-9-41-75(3,4)58-39-44-77-71(49-58)53-33-29-51(30-34-53)60-20-11-13-22-62(60)55-46-56(63-23-14-12-21-61(63)52-31-35-54(36-32-52)72-50-59(40-45-78-72)76(5,6)42-10-8-2)48-57(47-55)64-24-15-17-26-66(64)70-38-37-69-73-67(28-19-43-79-73)65-25-16-18-27-68(65)74(69)80-70;/h11-33,35,38-40,43-50H,7-10,41-42H2,1-6H3;/q-3;+3. The number of rotatable bonds is 16. The van der Waals surface area contributed by atoms with Crippen LogP contribution in [0, 0.1) is 18.2 Å². The molecule has 0 atom stereocenters. The van der Waals surface area contributed by atoms with Crippen molar-refractivity contribution in [3.05, 3.63) is 242 Å². The first kappa shape index (κ1) is 54.7. The van der Waals surface area contributed by atoms with Crippen molar-refractivity contribution >= 4 is 32.6 Å². The quantitative estimate of drug-likeness (QED) is 0.0715. The molecule has 0 aliphatic rings. The monoisotopic (exact) mass is 1230 g/mol. The number of unbranched alkanes of at least 4 members (excludes halogenated alkanes) is 2. The smallest absolute Gasteiger partial charge is 0.343 e. The zero-order valence-electron chi connectivity index (χ0n) is 47.1. The van der Waals surface area contributed by atoms with Crippen LogP contribution in [0.4, 0.5) is 0 Å². The predicted octanol–water partition coefficient (Wildman–Crippen LogP) is 20.4. The van der Waals surface area contributed by atoms with Crippen LogP contribution in [0.25, 0.3) is 122 Å². The Balaban J connectivity index is 0.00000690. The van der Waals surface area contributed by atoms with Crippen LogP contribution in [-0.4, -0.2) is 19.9 Å². The largest absolute Gasteiger partial charge is 3.00 e. The minimum absolute atomic E-state index is 0. The fraction of sp³-hybridized carbons (Fsp3) is 0.184. The molecule has 4 nitrogen and oxygen atoms in total. The van der Waals surface area contributed by atoms with E-state index in [1.165, 1.54) is 36.8 Å². The summed E-state index contributed by atoms with van der Waals surface area (Å²) in [4.78, 5) is 20.0. The summed E-state index contributed by atoms with van der Waals surface area (Å²) in [5.74, 6) is 0. The molecule has 5 heteroatoms. The molecule has 0 amide bonds. The van der Waals surface area contributed by atoms with Gasteiger partial charge >= 0.3 is 20.1 Å². The van der Waals surface area contributed by atoms with Crippen molar-refractivity contribution in [2.45, 2.75) is 90.9 Å². The van der Waals surface area contributed by atoms with Crippen molar-refractivity contribution in [1.82, 2.24) is 19.9 Å². The van der Waals surface area contributed by atoms with Gasteiger partial charge in [-0.05, 0) is 154 Å². The van der Waals surface area contributed by atoms with Gasteiger partial charge in [-0.25, -0.2) is 0 Å². The number of fused-ring (bicyclic) bond motifs is 6. The van der Waals surface area contributed by atoms with E-state index in [4.69, 9.17) is 19.9 Å². The van der Waals surface area contributed by atoms with Crippen LogP contribution in [-0.2, 0) is 30.9 Å². The average Bonchev–Trinajstić information content (AvgIpc) is 3.64. The molecular formula is C76H65IrN4. The summed E-state index contributed by atoms with van der Waals surface area (Å²) in [6.45, 7) is 13.9. The Kier molecular flexibility index (Phi) is 15.9. The Morgan fingerprint density at radius 2 is 0.802 bits per heavy atom. The maximum Gasteiger partial charge on any atom is 3.00 e. The Morgan fingerprint density at radius 1 is 0.370 bits per heavy atom. The molecule has 398 valence electrons. The first-order valence-corrected chi connectivity index (χ1v) is 28.5. The topological polar surface area (TPSA) is 51.6 Å². The number of hydrogen-bond acceptors (Lipinski definition) is 4. The van der Waals surface area contributed by atoms with Crippen molar-refractivity contribution in [2.75, 3.05) is 0 Å². The van der Waals surface area contributed by atoms with Gasteiger partial charge in [0.05, 0.1) is 0 Å². The van der Waals surface area contributed by atoms with Gasteiger partial charge in [-0.2, -0.15) is 0 Å².